The topological polar surface area (TPSA) is 94.5 Å². The molecular formula is C15H14ClF3N4O4. The van der Waals surface area contributed by atoms with Crippen molar-refractivity contribution >= 4 is 23.0 Å². The van der Waals surface area contributed by atoms with E-state index in [4.69, 9.17) is 20.9 Å². The molecule has 1 saturated heterocycles. The summed E-state index contributed by atoms with van der Waals surface area (Å²) >= 11 is 5.79. The van der Waals surface area contributed by atoms with Gasteiger partial charge in [0.1, 0.15) is 11.7 Å². The molecule has 1 aromatic heterocycles. The zero-order valence-corrected chi connectivity index (χ0v) is 14.9. The molecule has 2 aromatic rings. The van der Waals surface area contributed by atoms with Crippen molar-refractivity contribution in [2.45, 2.75) is 31.7 Å². The van der Waals surface area contributed by atoms with Gasteiger partial charge in [0.15, 0.2) is 5.82 Å². The molecule has 0 bridgehead atoms. The Hall–Kier alpha value is -2.40. The number of alkyl halides is 3. The molecule has 1 aromatic carbocycles. The van der Waals surface area contributed by atoms with E-state index in [0.717, 1.165) is 6.07 Å². The van der Waals surface area contributed by atoms with Gasteiger partial charge in [0, 0.05) is 26.1 Å². The molecule has 1 aliphatic heterocycles. The molecule has 2 atom stereocenters. The van der Waals surface area contributed by atoms with Crippen LogP contribution in [0.3, 0.4) is 0 Å². The van der Waals surface area contributed by atoms with Gasteiger partial charge in [-0.1, -0.05) is 16.8 Å². The van der Waals surface area contributed by atoms with E-state index in [1.54, 1.807) is 6.92 Å². The summed E-state index contributed by atoms with van der Waals surface area (Å²) in [6, 6.07) is 0.785. The summed E-state index contributed by atoms with van der Waals surface area (Å²) in [4.78, 5) is 16.2. The fourth-order valence-corrected chi connectivity index (χ4v) is 3.33. The molecule has 12 heteroatoms. The molecule has 0 amide bonds. The Bertz CT molecular complexity index is 873. The molecule has 8 nitrogen and oxygen atoms in total. The minimum absolute atomic E-state index is 0.0709. The molecule has 2 heterocycles. The van der Waals surface area contributed by atoms with E-state index in [2.05, 4.69) is 10.1 Å². The van der Waals surface area contributed by atoms with Crippen LogP contribution in [0.25, 0.3) is 0 Å². The third-order valence-corrected chi connectivity index (χ3v) is 4.61. The van der Waals surface area contributed by atoms with Crippen LogP contribution < -0.4 is 4.90 Å². The molecule has 2 unspecified atom stereocenters. The summed E-state index contributed by atoms with van der Waals surface area (Å²) in [5.74, 6) is 0.558. The van der Waals surface area contributed by atoms with Crippen molar-refractivity contribution in [1.29, 1.82) is 0 Å². The number of nitro benzene ring substituents is 1. The summed E-state index contributed by atoms with van der Waals surface area (Å²) in [5, 5.41) is 14.5. The van der Waals surface area contributed by atoms with E-state index in [-0.39, 0.29) is 24.2 Å². The fourth-order valence-electron chi connectivity index (χ4n) is 3.06. The first-order chi connectivity index (χ1) is 12.6. The van der Waals surface area contributed by atoms with Crippen LogP contribution in [0.4, 0.5) is 24.5 Å². The number of nitro groups is 1. The summed E-state index contributed by atoms with van der Waals surface area (Å²) < 4.78 is 49.7. The lowest BCUT2D eigenvalue weighted by molar-refractivity contribution is -0.384. The van der Waals surface area contributed by atoms with E-state index < -0.39 is 33.4 Å². The lowest BCUT2D eigenvalue weighted by atomic mass is 10.1. The van der Waals surface area contributed by atoms with Crippen molar-refractivity contribution in [3.63, 3.8) is 0 Å². The van der Waals surface area contributed by atoms with Gasteiger partial charge in [-0.25, -0.2) is 0 Å². The lowest BCUT2D eigenvalue weighted by Crippen LogP contribution is -2.26. The second kappa shape index (κ2) is 6.97. The zero-order valence-electron chi connectivity index (χ0n) is 14.2. The van der Waals surface area contributed by atoms with Crippen LogP contribution in [0.5, 0.6) is 0 Å². The summed E-state index contributed by atoms with van der Waals surface area (Å²) in [5.41, 5.74) is -2.06. The number of nitrogens with zero attached hydrogens (tertiary/aromatic N) is 4. The van der Waals surface area contributed by atoms with E-state index >= 15 is 0 Å². The van der Waals surface area contributed by atoms with Gasteiger partial charge in [-0.15, -0.1) is 0 Å². The number of hydrogen-bond donors (Lipinski definition) is 0. The lowest BCUT2D eigenvalue weighted by Gasteiger charge is -2.24. The van der Waals surface area contributed by atoms with Gasteiger partial charge in [-0.05, 0) is 13.0 Å². The van der Waals surface area contributed by atoms with Gasteiger partial charge in [-0.2, -0.15) is 18.2 Å². The van der Waals surface area contributed by atoms with Crippen molar-refractivity contribution in [1.82, 2.24) is 10.1 Å². The second-order valence-corrected chi connectivity index (χ2v) is 6.42. The summed E-state index contributed by atoms with van der Waals surface area (Å²) in [6.45, 7) is 1.79. The predicted molar refractivity (Wildman–Crippen MR) is 87.6 cm³/mol. The molecule has 146 valence electrons. The van der Waals surface area contributed by atoms with Gasteiger partial charge in [-0.3, -0.25) is 10.1 Å². The van der Waals surface area contributed by atoms with Crippen LogP contribution in [0.1, 0.15) is 29.7 Å². The van der Waals surface area contributed by atoms with Gasteiger partial charge in [0.25, 0.3) is 5.69 Å². The molecule has 0 N–H and O–H groups in total. The van der Waals surface area contributed by atoms with E-state index in [1.807, 2.05) is 0 Å². The van der Waals surface area contributed by atoms with E-state index in [9.17, 15) is 23.3 Å². The van der Waals surface area contributed by atoms with Crippen molar-refractivity contribution in [3.05, 3.63) is 44.5 Å². The number of rotatable bonds is 4. The Morgan fingerprint density at radius 1 is 1.44 bits per heavy atom. The highest BCUT2D eigenvalue weighted by molar-refractivity contribution is 6.31. The standard InChI is InChI=1S/C15H14ClF3N4O4/c1-7-20-14(27-21-7)13-3-8(26-2)6-22(13)11-5-10(16)9(15(17,18)19)4-12(11)23(24)25/h4-5,8,13H,3,6H2,1-2H3. The van der Waals surface area contributed by atoms with Crippen molar-refractivity contribution in [3.8, 4) is 0 Å². The highest BCUT2D eigenvalue weighted by atomic mass is 35.5. The minimum Gasteiger partial charge on any atom is -0.380 e. The summed E-state index contributed by atoms with van der Waals surface area (Å²) in [6.07, 6.45) is -4.78. The Balaban J connectivity index is 2.12. The second-order valence-electron chi connectivity index (χ2n) is 6.02. The summed E-state index contributed by atoms with van der Waals surface area (Å²) in [7, 11) is 1.47. The largest absolute Gasteiger partial charge is 0.418 e. The monoisotopic (exact) mass is 406 g/mol. The molecule has 0 saturated carbocycles. The highest BCUT2D eigenvalue weighted by Gasteiger charge is 2.42. The number of methoxy groups -OCH3 is 1. The third kappa shape index (κ3) is 3.69. The van der Waals surface area contributed by atoms with Crippen LogP contribution in [0.2, 0.25) is 5.02 Å². The van der Waals surface area contributed by atoms with Gasteiger partial charge >= 0.3 is 6.18 Å². The van der Waals surface area contributed by atoms with Gasteiger partial charge < -0.3 is 14.2 Å². The van der Waals surface area contributed by atoms with Gasteiger partial charge in [0.2, 0.25) is 5.89 Å². The SMILES string of the molecule is COC1CC(c2nc(C)no2)N(c2cc(Cl)c(C(F)(F)F)cc2[N+](=O)[O-])C1. The predicted octanol–water partition coefficient (Wildman–Crippen LogP) is 3.92. The first-order valence-corrected chi connectivity index (χ1v) is 8.14. The van der Waals surface area contributed by atoms with Crippen LogP contribution in [0, 0.1) is 17.0 Å². The maximum absolute atomic E-state index is 13.1. The van der Waals surface area contributed by atoms with Crippen LogP contribution in [0.15, 0.2) is 16.7 Å². The number of aromatic nitrogens is 2. The molecule has 0 radical (unpaired) electrons. The average molecular weight is 407 g/mol. The van der Waals surface area contributed by atoms with Crippen molar-refractivity contribution in [2.24, 2.45) is 0 Å². The highest BCUT2D eigenvalue weighted by Crippen LogP contribution is 2.45. The van der Waals surface area contributed by atoms with Crippen LogP contribution in [-0.2, 0) is 10.9 Å². The van der Waals surface area contributed by atoms with E-state index in [0.29, 0.717) is 18.3 Å². The fraction of sp³-hybridized carbons (Fsp3) is 0.467. The quantitative estimate of drug-likeness (QED) is 0.561. The number of hydrogen-bond acceptors (Lipinski definition) is 7. The zero-order chi connectivity index (χ0) is 19.9. The molecule has 3 rings (SSSR count). The molecule has 0 aliphatic carbocycles. The number of ether oxygens (including phenoxy) is 1. The van der Waals surface area contributed by atoms with Crippen molar-refractivity contribution < 1.29 is 27.4 Å². The smallest absolute Gasteiger partial charge is 0.380 e. The van der Waals surface area contributed by atoms with Crippen LogP contribution >= 0.6 is 11.6 Å². The Morgan fingerprint density at radius 2 is 2.15 bits per heavy atom. The first kappa shape index (κ1) is 19.4. The minimum atomic E-state index is -4.82. The number of aryl methyl sites for hydroxylation is 1. The number of halogens is 4. The Kier molecular flexibility index (Phi) is 5.00. The maximum atomic E-state index is 13.1. The molecule has 1 aliphatic rings. The van der Waals surface area contributed by atoms with E-state index in [1.165, 1.54) is 12.0 Å². The number of benzene rings is 1. The average Bonchev–Trinajstić information content (AvgIpc) is 3.18. The van der Waals surface area contributed by atoms with Crippen molar-refractivity contribution in [2.75, 3.05) is 18.6 Å². The Labute approximate surface area is 156 Å². The third-order valence-electron chi connectivity index (χ3n) is 4.30. The molecule has 1 fully saturated rings. The van der Waals surface area contributed by atoms with Crippen LogP contribution in [-0.4, -0.2) is 34.8 Å². The Morgan fingerprint density at radius 3 is 2.67 bits per heavy atom. The normalized spacial score (nSPS) is 20.3. The van der Waals surface area contributed by atoms with Gasteiger partial charge in [0.05, 0.1) is 21.6 Å². The maximum Gasteiger partial charge on any atom is 0.418 e. The molecule has 0 spiro atoms. The molecule has 27 heavy (non-hydrogen) atoms. The molecular weight excluding hydrogens is 393 g/mol. The first-order valence-electron chi connectivity index (χ1n) is 7.76. The number of anilines is 1.